The summed E-state index contributed by atoms with van der Waals surface area (Å²) < 4.78 is 0. The topological polar surface area (TPSA) is 107 Å². The minimum absolute atomic E-state index is 0.109. The molecule has 22 heavy (non-hydrogen) atoms. The number of hydrogen-bond acceptors (Lipinski definition) is 4. The minimum atomic E-state index is -1.82. The summed E-state index contributed by atoms with van der Waals surface area (Å²) in [5.41, 5.74) is 0.883. The maximum absolute atomic E-state index is 11.6. The van der Waals surface area contributed by atoms with E-state index in [2.05, 4.69) is 10.2 Å². The second-order valence-electron chi connectivity index (χ2n) is 4.82. The quantitative estimate of drug-likeness (QED) is 0.723. The van der Waals surface area contributed by atoms with Crippen LogP contribution in [0.15, 0.2) is 30.3 Å². The summed E-state index contributed by atoms with van der Waals surface area (Å²) in [6.07, 6.45) is 3.15. The number of carbonyl (C=O) groups excluding carboxylic acids is 1. The predicted molar refractivity (Wildman–Crippen MR) is 80.6 cm³/mol. The van der Waals surface area contributed by atoms with Crippen LogP contribution in [0.1, 0.15) is 19.3 Å². The summed E-state index contributed by atoms with van der Waals surface area (Å²) in [5, 5.41) is 17.7. The molecule has 7 nitrogen and oxygen atoms in total. The Labute approximate surface area is 128 Å². The SMILES string of the molecule is O=C(CCN1CCCC1)Nc1ccccc1.O=C(O)C(=O)O. The Morgan fingerprint density at radius 2 is 1.55 bits per heavy atom. The van der Waals surface area contributed by atoms with Gasteiger partial charge in [0.2, 0.25) is 5.91 Å². The van der Waals surface area contributed by atoms with Gasteiger partial charge in [0.15, 0.2) is 0 Å². The molecule has 1 saturated heterocycles. The molecule has 120 valence electrons. The third-order valence-corrected chi connectivity index (χ3v) is 3.09. The number of nitrogens with zero attached hydrogens (tertiary/aromatic N) is 1. The Hall–Kier alpha value is -2.41. The van der Waals surface area contributed by atoms with Crippen molar-refractivity contribution >= 4 is 23.5 Å². The van der Waals surface area contributed by atoms with Gasteiger partial charge in [-0.05, 0) is 38.1 Å². The average molecular weight is 308 g/mol. The van der Waals surface area contributed by atoms with Gasteiger partial charge in [-0.3, -0.25) is 4.79 Å². The van der Waals surface area contributed by atoms with Gasteiger partial charge in [-0.2, -0.15) is 0 Å². The number of hydrogen-bond donors (Lipinski definition) is 3. The van der Waals surface area contributed by atoms with Crippen molar-refractivity contribution in [2.45, 2.75) is 19.3 Å². The summed E-state index contributed by atoms with van der Waals surface area (Å²) in [4.78, 5) is 32.2. The summed E-state index contributed by atoms with van der Waals surface area (Å²) in [6.45, 7) is 3.19. The molecular weight excluding hydrogens is 288 g/mol. The zero-order valence-electron chi connectivity index (χ0n) is 12.2. The van der Waals surface area contributed by atoms with Crippen molar-refractivity contribution < 1.29 is 24.6 Å². The van der Waals surface area contributed by atoms with Crippen LogP contribution in [0.2, 0.25) is 0 Å². The molecule has 0 atom stereocenters. The second kappa shape index (κ2) is 9.51. The van der Waals surface area contributed by atoms with E-state index >= 15 is 0 Å². The molecule has 0 spiro atoms. The highest BCUT2D eigenvalue weighted by molar-refractivity contribution is 6.27. The number of carboxylic acid groups (broad SMARTS) is 2. The van der Waals surface area contributed by atoms with Crippen molar-refractivity contribution in [2.24, 2.45) is 0 Å². The molecule has 0 bridgehead atoms. The second-order valence-corrected chi connectivity index (χ2v) is 4.82. The molecule has 1 aromatic carbocycles. The smallest absolute Gasteiger partial charge is 0.414 e. The Bertz CT molecular complexity index is 486. The molecule has 1 aliphatic heterocycles. The third-order valence-electron chi connectivity index (χ3n) is 3.09. The summed E-state index contributed by atoms with van der Waals surface area (Å²) in [6, 6.07) is 9.62. The van der Waals surface area contributed by atoms with Gasteiger partial charge in [-0.15, -0.1) is 0 Å². The zero-order valence-corrected chi connectivity index (χ0v) is 12.2. The molecule has 0 saturated carbocycles. The van der Waals surface area contributed by atoms with E-state index in [1.54, 1.807) is 0 Å². The first-order valence-electron chi connectivity index (χ1n) is 7.02. The maximum Gasteiger partial charge on any atom is 0.414 e. The van der Waals surface area contributed by atoms with E-state index in [9.17, 15) is 4.79 Å². The van der Waals surface area contributed by atoms with Gasteiger partial charge >= 0.3 is 11.9 Å². The Morgan fingerprint density at radius 3 is 2.05 bits per heavy atom. The van der Waals surface area contributed by atoms with Crippen molar-refractivity contribution in [1.82, 2.24) is 4.90 Å². The summed E-state index contributed by atoms with van der Waals surface area (Å²) in [5.74, 6) is -3.54. The van der Waals surface area contributed by atoms with Crippen molar-refractivity contribution in [1.29, 1.82) is 0 Å². The molecule has 0 aromatic heterocycles. The number of rotatable bonds is 4. The van der Waals surface area contributed by atoms with Gasteiger partial charge in [-0.1, -0.05) is 18.2 Å². The minimum Gasteiger partial charge on any atom is -0.473 e. The highest BCUT2D eigenvalue weighted by Crippen LogP contribution is 2.09. The molecule has 3 N–H and O–H groups in total. The first kappa shape index (κ1) is 17.6. The van der Waals surface area contributed by atoms with Crippen LogP contribution in [0.3, 0.4) is 0 Å². The van der Waals surface area contributed by atoms with E-state index in [0.29, 0.717) is 6.42 Å². The Kier molecular flexibility index (Phi) is 7.63. The van der Waals surface area contributed by atoms with Gasteiger partial charge in [-0.25, -0.2) is 9.59 Å². The molecule has 1 heterocycles. The molecule has 1 amide bonds. The third kappa shape index (κ3) is 7.39. The van der Waals surface area contributed by atoms with Gasteiger partial charge < -0.3 is 20.4 Å². The molecule has 1 aliphatic rings. The number of nitrogens with one attached hydrogen (secondary N) is 1. The van der Waals surface area contributed by atoms with Crippen LogP contribution >= 0.6 is 0 Å². The summed E-state index contributed by atoms with van der Waals surface area (Å²) >= 11 is 0. The first-order valence-corrected chi connectivity index (χ1v) is 7.02. The van der Waals surface area contributed by atoms with Crippen molar-refractivity contribution in [3.63, 3.8) is 0 Å². The van der Waals surface area contributed by atoms with Gasteiger partial charge in [0.1, 0.15) is 0 Å². The highest BCUT2D eigenvalue weighted by Gasteiger charge is 2.12. The number of para-hydroxylation sites is 1. The van der Waals surface area contributed by atoms with Crippen LogP contribution < -0.4 is 5.32 Å². The number of amides is 1. The van der Waals surface area contributed by atoms with Crippen LogP contribution in [0.4, 0.5) is 5.69 Å². The van der Waals surface area contributed by atoms with Crippen LogP contribution in [-0.4, -0.2) is 52.6 Å². The predicted octanol–water partition coefficient (Wildman–Crippen LogP) is 1.27. The lowest BCUT2D eigenvalue weighted by molar-refractivity contribution is -0.159. The van der Waals surface area contributed by atoms with Crippen molar-refractivity contribution in [2.75, 3.05) is 25.0 Å². The van der Waals surface area contributed by atoms with E-state index in [0.717, 1.165) is 25.3 Å². The maximum atomic E-state index is 11.6. The van der Waals surface area contributed by atoms with Crippen molar-refractivity contribution in [3.05, 3.63) is 30.3 Å². The number of carboxylic acids is 2. The highest BCUT2D eigenvalue weighted by atomic mass is 16.4. The van der Waals surface area contributed by atoms with E-state index in [1.807, 2.05) is 30.3 Å². The largest absolute Gasteiger partial charge is 0.473 e. The molecule has 1 aromatic rings. The molecule has 0 aliphatic carbocycles. The number of carbonyl (C=O) groups is 3. The lowest BCUT2D eigenvalue weighted by atomic mass is 10.3. The standard InChI is InChI=1S/C13H18N2O.C2H2O4/c16-13(8-11-15-9-4-5-10-15)14-12-6-2-1-3-7-12;3-1(4)2(5)6/h1-3,6-7H,4-5,8-11H2,(H,14,16);(H,3,4)(H,5,6). The first-order chi connectivity index (χ1) is 10.5. The molecule has 0 radical (unpaired) electrons. The fraction of sp³-hybridized carbons (Fsp3) is 0.400. The van der Waals surface area contributed by atoms with E-state index < -0.39 is 11.9 Å². The molecule has 2 rings (SSSR count). The van der Waals surface area contributed by atoms with Crippen LogP contribution in [0.25, 0.3) is 0 Å². The number of aliphatic carboxylic acids is 2. The molecular formula is C15H20N2O5. The lowest BCUT2D eigenvalue weighted by Gasteiger charge is -2.13. The molecule has 1 fully saturated rings. The zero-order chi connectivity index (χ0) is 16.4. The Balaban J connectivity index is 0.000000346. The van der Waals surface area contributed by atoms with Gasteiger partial charge in [0.25, 0.3) is 0 Å². The molecule has 7 heteroatoms. The lowest BCUT2D eigenvalue weighted by Crippen LogP contribution is -2.24. The average Bonchev–Trinajstić information content (AvgIpc) is 3.00. The van der Waals surface area contributed by atoms with E-state index in [4.69, 9.17) is 19.8 Å². The van der Waals surface area contributed by atoms with Crippen LogP contribution in [-0.2, 0) is 14.4 Å². The Morgan fingerprint density at radius 1 is 1.00 bits per heavy atom. The fourth-order valence-electron chi connectivity index (χ4n) is 2.01. The van der Waals surface area contributed by atoms with E-state index in [-0.39, 0.29) is 5.91 Å². The fourth-order valence-corrected chi connectivity index (χ4v) is 2.01. The normalized spacial score (nSPS) is 13.8. The summed E-state index contributed by atoms with van der Waals surface area (Å²) in [7, 11) is 0. The number of likely N-dealkylation sites (tertiary alicyclic amines) is 1. The van der Waals surface area contributed by atoms with Gasteiger partial charge in [0.05, 0.1) is 0 Å². The van der Waals surface area contributed by atoms with Crippen molar-refractivity contribution in [3.8, 4) is 0 Å². The molecule has 0 unspecified atom stereocenters. The van der Waals surface area contributed by atoms with E-state index in [1.165, 1.54) is 12.8 Å². The number of anilines is 1. The number of benzene rings is 1. The monoisotopic (exact) mass is 308 g/mol. The van der Waals surface area contributed by atoms with Crippen LogP contribution in [0, 0.1) is 0 Å². The van der Waals surface area contributed by atoms with Gasteiger partial charge in [0, 0.05) is 18.7 Å². The van der Waals surface area contributed by atoms with Crippen LogP contribution in [0.5, 0.6) is 0 Å².